The van der Waals surface area contributed by atoms with Crippen molar-refractivity contribution in [2.45, 2.75) is 10.3 Å². The van der Waals surface area contributed by atoms with Crippen LogP contribution < -0.4 is 10.5 Å². The van der Waals surface area contributed by atoms with E-state index in [0.29, 0.717) is 6.54 Å². The van der Waals surface area contributed by atoms with Gasteiger partial charge in [0.05, 0.1) is 17.4 Å². The van der Waals surface area contributed by atoms with Gasteiger partial charge in [-0.2, -0.15) is 0 Å². The summed E-state index contributed by atoms with van der Waals surface area (Å²) >= 11 is 1.62. The molecule has 94 valence electrons. The van der Waals surface area contributed by atoms with Gasteiger partial charge in [0, 0.05) is 18.3 Å². The van der Waals surface area contributed by atoms with Gasteiger partial charge >= 0.3 is 0 Å². The van der Waals surface area contributed by atoms with Gasteiger partial charge in [-0.25, -0.2) is 9.97 Å². The molecule has 0 saturated carbocycles. The van der Waals surface area contributed by atoms with Crippen LogP contribution in [0.15, 0.2) is 47.9 Å². The second-order valence-corrected chi connectivity index (χ2v) is 4.85. The number of ether oxygens (including phenoxy) is 1. The van der Waals surface area contributed by atoms with Crippen LogP contribution in [0.25, 0.3) is 0 Å². The van der Waals surface area contributed by atoms with Gasteiger partial charge in [0.25, 0.3) is 0 Å². The molecule has 0 saturated heterocycles. The van der Waals surface area contributed by atoms with Crippen molar-refractivity contribution in [3.63, 3.8) is 0 Å². The standard InChI is InChI=1S/C13H15N3OS/c1-17-11-5-3-2-4-10(11)12(8-14)18-13-6-7-15-9-16-13/h2-7,9,12H,8,14H2,1H3. The molecule has 0 fully saturated rings. The molecule has 0 aliphatic carbocycles. The Kier molecular flexibility index (Phi) is 4.55. The molecule has 18 heavy (non-hydrogen) atoms. The average Bonchev–Trinajstić information content (AvgIpc) is 2.46. The van der Waals surface area contributed by atoms with Gasteiger partial charge in [0.15, 0.2) is 0 Å². The average molecular weight is 261 g/mol. The Hall–Kier alpha value is -1.59. The van der Waals surface area contributed by atoms with Crippen molar-refractivity contribution in [1.82, 2.24) is 9.97 Å². The van der Waals surface area contributed by atoms with E-state index < -0.39 is 0 Å². The van der Waals surface area contributed by atoms with E-state index in [2.05, 4.69) is 9.97 Å². The molecule has 0 radical (unpaired) electrons. The highest BCUT2D eigenvalue weighted by molar-refractivity contribution is 7.99. The van der Waals surface area contributed by atoms with Crippen LogP contribution in [0.4, 0.5) is 0 Å². The first kappa shape index (κ1) is 12.9. The summed E-state index contributed by atoms with van der Waals surface area (Å²) in [6.45, 7) is 0.523. The van der Waals surface area contributed by atoms with Crippen LogP contribution in [0, 0.1) is 0 Å². The normalized spacial score (nSPS) is 12.1. The number of hydrogen-bond acceptors (Lipinski definition) is 5. The quantitative estimate of drug-likeness (QED) is 0.661. The Morgan fingerprint density at radius 2 is 2.17 bits per heavy atom. The molecular formula is C13H15N3OS. The van der Waals surface area contributed by atoms with Crippen molar-refractivity contribution in [2.75, 3.05) is 13.7 Å². The zero-order valence-electron chi connectivity index (χ0n) is 10.1. The van der Waals surface area contributed by atoms with E-state index in [1.165, 1.54) is 6.33 Å². The zero-order valence-corrected chi connectivity index (χ0v) is 10.9. The zero-order chi connectivity index (χ0) is 12.8. The topological polar surface area (TPSA) is 61.0 Å². The molecule has 4 nitrogen and oxygen atoms in total. The van der Waals surface area contributed by atoms with Crippen molar-refractivity contribution >= 4 is 11.8 Å². The maximum absolute atomic E-state index is 5.86. The molecule has 5 heteroatoms. The van der Waals surface area contributed by atoms with Gasteiger partial charge in [-0.1, -0.05) is 30.0 Å². The predicted molar refractivity (Wildman–Crippen MR) is 72.7 cm³/mol. The number of thioether (sulfide) groups is 1. The first-order valence-electron chi connectivity index (χ1n) is 5.60. The van der Waals surface area contributed by atoms with Crippen LogP contribution in [0.5, 0.6) is 5.75 Å². The van der Waals surface area contributed by atoms with Crippen molar-refractivity contribution in [3.8, 4) is 5.75 Å². The summed E-state index contributed by atoms with van der Waals surface area (Å²) in [7, 11) is 1.67. The number of nitrogens with zero attached hydrogens (tertiary/aromatic N) is 2. The molecule has 1 aromatic carbocycles. The minimum Gasteiger partial charge on any atom is -0.496 e. The summed E-state index contributed by atoms with van der Waals surface area (Å²) in [5.41, 5.74) is 6.95. The van der Waals surface area contributed by atoms with Gasteiger partial charge in [0.2, 0.25) is 0 Å². The fourth-order valence-electron chi connectivity index (χ4n) is 1.67. The van der Waals surface area contributed by atoms with E-state index in [1.807, 2.05) is 30.3 Å². The molecule has 2 N–H and O–H groups in total. The van der Waals surface area contributed by atoms with Crippen LogP contribution in [0.1, 0.15) is 10.8 Å². The monoisotopic (exact) mass is 261 g/mol. The highest BCUT2D eigenvalue weighted by Crippen LogP contribution is 2.37. The van der Waals surface area contributed by atoms with Gasteiger partial charge < -0.3 is 10.5 Å². The summed E-state index contributed by atoms with van der Waals surface area (Å²) in [4.78, 5) is 8.11. The summed E-state index contributed by atoms with van der Waals surface area (Å²) in [6, 6.07) is 9.79. The van der Waals surface area contributed by atoms with E-state index >= 15 is 0 Å². The van der Waals surface area contributed by atoms with Crippen molar-refractivity contribution in [1.29, 1.82) is 0 Å². The maximum Gasteiger partial charge on any atom is 0.123 e. The Balaban J connectivity index is 2.23. The first-order valence-corrected chi connectivity index (χ1v) is 6.48. The Morgan fingerprint density at radius 1 is 1.33 bits per heavy atom. The summed E-state index contributed by atoms with van der Waals surface area (Å²) in [6.07, 6.45) is 3.27. The van der Waals surface area contributed by atoms with Crippen molar-refractivity contribution < 1.29 is 4.74 Å². The summed E-state index contributed by atoms with van der Waals surface area (Å²) < 4.78 is 5.36. The number of para-hydroxylation sites is 1. The lowest BCUT2D eigenvalue weighted by molar-refractivity contribution is 0.409. The molecule has 1 aromatic heterocycles. The Morgan fingerprint density at radius 3 is 2.83 bits per heavy atom. The Labute approximate surface area is 111 Å². The first-order chi connectivity index (χ1) is 8.85. The molecule has 0 spiro atoms. The highest BCUT2D eigenvalue weighted by Gasteiger charge is 2.16. The van der Waals surface area contributed by atoms with Gasteiger partial charge in [-0.3, -0.25) is 0 Å². The number of methoxy groups -OCH3 is 1. The molecule has 1 atom stereocenters. The molecule has 0 amide bonds. The molecule has 0 bridgehead atoms. The molecule has 2 rings (SSSR count). The third-order valence-electron chi connectivity index (χ3n) is 2.52. The minimum atomic E-state index is 0.121. The molecule has 2 aromatic rings. The summed E-state index contributed by atoms with van der Waals surface area (Å²) in [5.74, 6) is 0.856. The number of rotatable bonds is 5. The lowest BCUT2D eigenvalue weighted by Gasteiger charge is -2.17. The van der Waals surface area contributed by atoms with Crippen molar-refractivity contribution in [3.05, 3.63) is 48.4 Å². The van der Waals surface area contributed by atoms with Crippen LogP contribution in [0.2, 0.25) is 0 Å². The Bertz CT molecular complexity index is 493. The van der Waals surface area contributed by atoms with E-state index in [9.17, 15) is 0 Å². The van der Waals surface area contributed by atoms with E-state index in [1.54, 1.807) is 25.1 Å². The van der Waals surface area contributed by atoms with Crippen LogP contribution >= 0.6 is 11.8 Å². The second kappa shape index (κ2) is 6.37. The fraction of sp³-hybridized carbons (Fsp3) is 0.231. The van der Waals surface area contributed by atoms with E-state index in [-0.39, 0.29) is 5.25 Å². The minimum absolute atomic E-state index is 0.121. The lowest BCUT2D eigenvalue weighted by Crippen LogP contribution is -2.10. The van der Waals surface area contributed by atoms with Gasteiger partial charge in [-0.15, -0.1) is 0 Å². The number of benzene rings is 1. The van der Waals surface area contributed by atoms with Crippen LogP contribution in [0.3, 0.4) is 0 Å². The smallest absolute Gasteiger partial charge is 0.123 e. The van der Waals surface area contributed by atoms with E-state index in [0.717, 1.165) is 16.3 Å². The lowest BCUT2D eigenvalue weighted by atomic mass is 10.1. The van der Waals surface area contributed by atoms with E-state index in [4.69, 9.17) is 10.5 Å². The molecule has 1 heterocycles. The third-order valence-corrected chi connectivity index (χ3v) is 3.73. The second-order valence-electron chi connectivity index (χ2n) is 3.63. The molecule has 0 aliphatic heterocycles. The molecular weight excluding hydrogens is 246 g/mol. The number of nitrogens with two attached hydrogens (primary N) is 1. The van der Waals surface area contributed by atoms with Gasteiger partial charge in [-0.05, 0) is 12.1 Å². The summed E-state index contributed by atoms with van der Waals surface area (Å²) in [5, 5.41) is 1.03. The van der Waals surface area contributed by atoms with Gasteiger partial charge in [0.1, 0.15) is 12.1 Å². The van der Waals surface area contributed by atoms with Crippen LogP contribution in [-0.4, -0.2) is 23.6 Å². The molecule has 1 unspecified atom stereocenters. The third kappa shape index (κ3) is 3.00. The number of aromatic nitrogens is 2. The van der Waals surface area contributed by atoms with Crippen molar-refractivity contribution in [2.24, 2.45) is 5.73 Å². The maximum atomic E-state index is 5.86. The largest absolute Gasteiger partial charge is 0.496 e. The molecule has 0 aliphatic rings. The highest BCUT2D eigenvalue weighted by atomic mass is 32.2. The predicted octanol–water partition coefficient (Wildman–Crippen LogP) is 2.28. The van der Waals surface area contributed by atoms with Crippen LogP contribution in [-0.2, 0) is 0 Å². The number of hydrogen-bond donors (Lipinski definition) is 1. The fourth-order valence-corrected chi connectivity index (χ4v) is 2.62. The SMILES string of the molecule is COc1ccccc1C(CN)Sc1ccncn1.